The van der Waals surface area contributed by atoms with Crippen LogP contribution >= 0.6 is 0 Å². The molecule has 0 radical (unpaired) electrons. The largest absolute Gasteiger partial charge is 0.483 e. The van der Waals surface area contributed by atoms with Gasteiger partial charge in [0.2, 0.25) is 5.91 Å². The van der Waals surface area contributed by atoms with Gasteiger partial charge in [-0.1, -0.05) is 0 Å². The Morgan fingerprint density at radius 2 is 2.07 bits per heavy atom. The van der Waals surface area contributed by atoms with Crippen LogP contribution in [-0.2, 0) is 19.9 Å². The van der Waals surface area contributed by atoms with Crippen LogP contribution in [0.2, 0.25) is 0 Å². The number of methoxy groups -OCH3 is 1. The van der Waals surface area contributed by atoms with E-state index < -0.39 is 5.54 Å². The predicted octanol–water partition coefficient (Wildman–Crippen LogP) is -0.232. The van der Waals surface area contributed by atoms with E-state index in [1.165, 1.54) is 6.33 Å². The molecule has 2 aromatic heterocycles. The van der Waals surface area contributed by atoms with Crippen LogP contribution in [0.25, 0.3) is 0 Å². The highest BCUT2D eigenvalue weighted by Crippen LogP contribution is 2.30. The Morgan fingerprint density at radius 1 is 1.34 bits per heavy atom. The molecule has 29 heavy (non-hydrogen) atoms. The third kappa shape index (κ3) is 5.35. The number of nitrogens with zero attached hydrogens (tertiary/aromatic N) is 5. The zero-order valence-corrected chi connectivity index (χ0v) is 16.1. The van der Waals surface area contributed by atoms with Crippen LogP contribution in [0.5, 0.6) is 0 Å². The minimum absolute atomic E-state index is 0.104. The number of rotatable bonds is 6. The van der Waals surface area contributed by atoms with Gasteiger partial charge in [-0.05, 0) is 25.0 Å². The molecule has 2 N–H and O–H groups in total. The lowest BCUT2D eigenvalue weighted by molar-refractivity contribution is -0.133. The summed E-state index contributed by atoms with van der Waals surface area (Å²) in [6.07, 6.45) is 7.30. The van der Waals surface area contributed by atoms with Crippen LogP contribution < -0.4 is 5.32 Å². The summed E-state index contributed by atoms with van der Waals surface area (Å²) in [4.78, 5) is 43.4. The average Bonchev–Trinajstić information content (AvgIpc) is 3.30. The molecule has 0 aliphatic carbocycles. The minimum Gasteiger partial charge on any atom is -0.483 e. The van der Waals surface area contributed by atoms with Gasteiger partial charge in [0.05, 0.1) is 6.61 Å². The Bertz CT molecular complexity index is 775. The molecule has 3 rings (SSSR count). The van der Waals surface area contributed by atoms with Gasteiger partial charge in [0.1, 0.15) is 17.6 Å². The van der Waals surface area contributed by atoms with E-state index in [-0.39, 0.29) is 18.3 Å². The molecular formula is C18H24N6O5. The van der Waals surface area contributed by atoms with Crippen molar-refractivity contribution in [2.45, 2.75) is 18.4 Å². The second-order valence-corrected chi connectivity index (χ2v) is 6.22. The summed E-state index contributed by atoms with van der Waals surface area (Å²) in [5.74, 6) is -0.256. The Morgan fingerprint density at radius 3 is 2.62 bits per heavy atom. The fourth-order valence-corrected chi connectivity index (χ4v) is 3.17. The maximum Gasteiger partial charge on any atom is 0.290 e. The SMILES string of the molecule is COCCNC(=O)C1(n2cccn2)CCN(C(=O)c2ccncn2)CC1.O=CO. The molecule has 1 aliphatic heterocycles. The van der Waals surface area contributed by atoms with Gasteiger partial charge in [-0.2, -0.15) is 5.10 Å². The van der Waals surface area contributed by atoms with Crippen molar-refractivity contribution in [2.75, 3.05) is 33.4 Å². The lowest BCUT2D eigenvalue weighted by Gasteiger charge is -2.40. The molecule has 1 aliphatic rings. The zero-order valence-electron chi connectivity index (χ0n) is 16.1. The second-order valence-electron chi connectivity index (χ2n) is 6.22. The third-order valence-electron chi connectivity index (χ3n) is 4.64. The number of nitrogens with one attached hydrogen (secondary N) is 1. The number of piperidine rings is 1. The van der Waals surface area contributed by atoms with Gasteiger partial charge in [-0.15, -0.1) is 0 Å². The molecular weight excluding hydrogens is 380 g/mol. The molecule has 3 heterocycles. The van der Waals surface area contributed by atoms with Crippen molar-refractivity contribution in [1.82, 2.24) is 30.0 Å². The first-order valence-electron chi connectivity index (χ1n) is 8.99. The van der Waals surface area contributed by atoms with Gasteiger partial charge in [0, 0.05) is 45.3 Å². The van der Waals surface area contributed by atoms with Crippen molar-refractivity contribution < 1.29 is 24.2 Å². The lowest BCUT2D eigenvalue weighted by Crippen LogP contribution is -2.56. The maximum absolute atomic E-state index is 12.9. The first-order valence-corrected chi connectivity index (χ1v) is 8.99. The molecule has 0 aromatic carbocycles. The summed E-state index contributed by atoms with van der Waals surface area (Å²) in [6.45, 7) is 1.52. The number of hydrogen-bond donors (Lipinski definition) is 2. The Balaban J connectivity index is 0.000000941. The quantitative estimate of drug-likeness (QED) is 0.497. The standard InChI is InChI=1S/C17H22N6O3.CH2O2/c1-26-12-8-19-16(25)17(23-9-2-6-21-23)4-10-22(11-5-17)15(24)14-3-7-18-13-20-14;2-1-3/h2-3,6-7,9,13H,4-5,8,10-12H2,1H3,(H,19,25);1H,(H,2,3). The predicted molar refractivity (Wildman–Crippen MR) is 101 cm³/mol. The second kappa shape index (κ2) is 10.9. The van der Waals surface area contributed by atoms with E-state index in [0.29, 0.717) is 44.8 Å². The van der Waals surface area contributed by atoms with Crippen molar-refractivity contribution in [3.05, 3.63) is 42.7 Å². The molecule has 0 atom stereocenters. The Labute approximate surface area is 167 Å². The Hall–Kier alpha value is -3.34. The van der Waals surface area contributed by atoms with Crippen LogP contribution in [0, 0.1) is 0 Å². The summed E-state index contributed by atoms with van der Waals surface area (Å²) < 4.78 is 6.69. The number of amides is 2. The van der Waals surface area contributed by atoms with E-state index >= 15 is 0 Å². The Kier molecular flexibility index (Phi) is 8.22. The third-order valence-corrected chi connectivity index (χ3v) is 4.64. The van der Waals surface area contributed by atoms with Crippen LogP contribution in [0.15, 0.2) is 37.1 Å². The molecule has 0 saturated carbocycles. The zero-order chi connectivity index (χ0) is 21.1. The van der Waals surface area contributed by atoms with Crippen LogP contribution in [-0.4, -0.2) is 81.4 Å². The molecule has 1 saturated heterocycles. The highest BCUT2D eigenvalue weighted by molar-refractivity contribution is 5.92. The van der Waals surface area contributed by atoms with Crippen molar-refractivity contribution in [2.24, 2.45) is 0 Å². The number of hydrogen-bond acceptors (Lipinski definition) is 7. The molecule has 156 valence electrons. The van der Waals surface area contributed by atoms with Gasteiger partial charge in [-0.3, -0.25) is 19.1 Å². The van der Waals surface area contributed by atoms with Gasteiger partial charge in [0.25, 0.3) is 12.4 Å². The molecule has 11 heteroatoms. The first kappa shape index (κ1) is 22.0. The van der Waals surface area contributed by atoms with Crippen LogP contribution in [0.1, 0.15) is 23.3 Å². The maximum atomic E-state index is 12.9. The molecule has 2 amide bonds. The number of carbonyl (C=O) groups is 3. The van der Waals surface area contributed by atoms with E-state index in [9.17, 15) is 9.59 Å². The van der Waals surface area contributed by atoms with Gasteiger partial charge in [-0.25, -0.2) is 9.97 Å². The van der Waals surface area contributed by atoms with Gasteiger partial charge >= 0.3 is 0 Å². The van der Waals surface area contributed by atoms with E-state index in [0.717, 1.165) is 0 Å². The molecule has 11 nitrogen and oxygen atoms in total. The van der Waals surface area contributed by atoms with E-state index in [2.05, 4.69) is 20.4 Å². The number of ether oxygens (including phenoxy) is 1. The van der Waals surface area contributed by atoms with E-state index in [4.69, 9.17) is 14.6 Å². The monoisotopic (exact) mass is 404 g/mol. The van der Waals surface area contributed by atoms with Crippen molar-refractivity contribution in [3.8, 4) is 0 Å². The van der Waals surface area contributed by atoms with Crippen LogP contribution in [0.3, 0.4) is 0 Å². The summed E-state index contributed by atoms with van der Waals surface area (Å²) in [5, 5.41) is 14.1. The van der Waals surface area contributed by atoms with E-state index in [1.807, 2.05) is 0 Å². The summed E-state index contributed by atoms with van der Waals surface area (Å²) in [5.41, 5.74) is -0.448. The normalized spacial score (nSPS) is 15.0. The van der Waals surface area contributed by atoms with Crippen molar-refractivity contribution >= 4 is 18.3 Å². The average molecular weight is 404 g/mol. The molecule has 1 fully saturated rings. The van der Waals surface area contributed by atoms with Crippen molar-refractivity contribution in [3.63, 3.8) is 0 Å². The highest BCUT2D eigenvalue weighted by Gasteiger charge is 2.44. The van der Waals surface area contributed by atoms with Crippen molar-refractivity contribution in [1.29, 1.82) is 0 Å². The summed E-state index contributed by atoms with van der Waals surface area (Å²) in [7, 11) is 1.59. The summed E-state index contributed by atoms with van der Waals surface area (Å²) in [6, 6.07) is 3.39. The fourth-order valence-electron chi connectivity index (χ4n) is 3.17. The van der Waals surface area contributed by atoms with Crippen LogP contribution in [0.4, 0.5) is 0 Å². The first-order chi connectivity index (χ1) is 14.1. The fraction of sp³-hybridized carbons (Fsp3) is 0.444. The molecule has 0 unspecified atom stereocenters. The number of carboxylic acid groups (broad SMARTS) is 1. The molecule has 0 bridgehead atoms. The van der Waals surface area contributed by atoms with Gasteiger partial charge in [0.15, 0.2) is 0 Å². The topological polar surface area (TPSA) is 140 Å². The smallest absolute Gasteiger partial charge is 0.290 e. The lowest BCUT2D eigenvalue weighted by atomic mass is 9.86. The minimum atomic E-state index is -0.806. The van der Waals surface area contributed by atoms with E-state index in [1.54, 1.807) is 47.4 Å². The molecule has 0 spiro atoms. The summed E-state index contributed by atoms with van der Waals surface area (Å²) >= 11 is 0. The number of likely N-dealkylation sites (tertiary alicyclic amines) is 1. The number of aromatic nitrogens is 4. The van der Waals surface area contributed by atoms with Gasteiger partial charge < -0.3 is 20.1 Å². The molecule has 2 aromatic rings. The highest BCUT2D eigenvalue weighted by atomic mass is 16.5. The number of carbonyl (C=O) groups excluding carboxylic acids is 2.